The average molecular weight is 276 g/mol. The molecule has 0 unspecified atom stereocenters. The fourth-order valence-electron chi connectivity index (χ4n) is 1.69. The Labute approximate surface area is 114 Å². The normalized spacial score (nSPS) is 16.8. The fourth-order valence-corrected chi connectivity index (χ4v) is 2.59. The van der Waals surface area contributed by atoms with E-state index in [0.29, 0.717) is 6.04 Å². The molecule has 0 aromatic carbocycles. The number of nitrogens with zero attached hydrogens (tertiary/aromatic N) is 2. The maximum absolute atomic E-state index is 4.72. The van der Waals surface area contributed by atoms with Crippen LogP contribution in [0.4, 0.5) is 0 Å². The van der Waals surface area contributed by atoms with Crippen LogP contribution in [0.25, 0.3) is 0 Å². The van der Waals surface area contributed by atoms with Crippen LogP contribution in [0.1, 0.15) is 31.5 Å². The lowest BCUT2D eigenvalue weighted by Crippen LogP contribution is -2.55. The van der Waals surface area contributed by atoms with Crippen LogP contribution in [-0.4, -0.2) is 36.1 Å². The van der Waals surface area contributed by atoms with Crippen LogP contribution in [0.3, 0.4) is 0 Å². The molecule has 1 aromatic heterocycles. The third-order valence-electron chi connectivity index (χ3n) is 2.99. The lowest BCUT2D eigenvalue weighted by Gasteiger charge is -2.35. The quantitative estimate of drug-likeness (QED) is 0.917. The van der Waals surface area contributed by atoms with Crippen LogP contribution in [0, 0.1) is 0 Å². The van der Waals surface area contributed by atoms with Gasteiger partial charge < -0.3 is 5.32 Å². The summed E-state index contributed by atoms with van der Waals surface area (Å²) in [5.74, 6) is 0. The largest absolute Gasteiger partial charge is 0.314 e. The zero-order valence-corrected chi connectivity index (χ0v) is 12.6. The summed E-state index contributed by atoms with van der Waals surface area (Å²) in [5.41, 5.74) is 1.39. The van der Waals surface area contributed by atoms with Gasteiger partial charge in [-0.05, 0) is 7.05 Å². The van der Waals surface area contributed by atoms with E-state index in [0.717, 1.165) is 19.6 Å². The number of likely N-dealkylation sites (N-methyl/N-ethyl adjacent to an activating group) is 1. The molecule has 1 aliphatic rings. The minimum atomic E-state index is 0. The van der Waals surface area contributed by atoms with Crippen LogP contribution in [-0.2, 0) is 12.0 Å². The van der Waals surface area contributed by atoms with Gasteiger partial charge in [-0.1, -0.05) is 20.8 Å². The predicted molar refractivity (Wildman–Crippen MR) is 76.2 cm³/mol. The molecule has 3 nitrogen and oxygen atoms in total. The Kier molecular flexibility index (Phi) is 4.95. The Morgan fingerprint density at radius 1 is 1.47 bits per heavy atom. The zero-order valence-electron chi connectivity index (χ0n) is 11.0. The summed E-state index contributed by atoms with van der Waals surface area (Å²) in [6, 6.07) is 0.694. The van der Waals surface area contributed by atoms with Gasteiger partial charge in [-0.2, -0.15) is 0 Å². The van der Waals surface area contributed by atoms with Crippen LogP contribution < -0.4 is 5.32 Å². The topological polar surface area (TPSA) is 28.2 Å². The van der Waals surface area contributed by atoms with Crippen LogP contribution in [0.5, 0.6) is 0 Å². The molecule has 1 N–H and O–H groups in total. The predicted octanol–water partition coefficient (Wildman–Crippen LogP) is 2.27. The Bertz CT molecular complexity index is 355. The van der Waals surface area contributed by atoms with E-state index in [9.17, 15) is 0 Å². The van der Waals surface area contributed by atoms with E-state index in [2.05, 4.69) is 43.4 Å². The highest BCUT2D eigenvalue weighted by Gasteiger charge is 2.23. The monoisotopic (exact) mass is 275 g/mol. The highest BCUT2D eigenvalue weighted by atomic mass is 35.5. The van der Waals surface area contributed by atoms with Crippen molar-refractivity contribution in [2.24, 2.45) is 0 Å². The maximum atomic E-state index is 4.72. The van der Waals surface area contributed by atoms with Gasteiger partial charge in [0, 0.05) is 36.5 Å². The average Bonchev–Trinajstić information content (AvgIpc) is 2.47. The summed E-state index contributed by atoms with van der Waals surface area (Å²) in [4.78, 5) is 7.11. The third kappa shape index (κ3) is 3.65. The van der Waals surface area contributed by atoms with Gasteiger partial charge in [0.05, 0.1) is 10.7 Å². The lowest BCUT2D eigenvalue weighted by molar-refractivity contribution is 0.171. The van der Waals surface area contributed by atoms with E-state index < -0.39 is 0 Å². The molecule has 0 bridgehead atoms. The van der Waals surface area contributed by atoms with E-state index >= 15 is 0 Å². The Morgan fingerprint density at radius 2 is 2.12 bits per heavy atom. The molecule has 0 atom stereocenters. The van der Waals surface area contributed by atoms with E-state index in [1.54, 1.807) is 11.3 Å². The van der Waals surface area contributed by atoms with Gasteiger partial charge in [-0.25, -0.2) is 4.98 Å². The van der Waals surface area contributed by atoms with Crippen molar-refractivity contribution in [1.82, 2.24) is 15.2 Å². The molecule has 2 heterocycles. The number of aromatic nitrogens is 1. The van der Waals surface area contributed by atoms with Crippen molar-refractivity contribution in [3.05, 3.63) is 16.1 Å². The van der Waals surface area contributed by atoms with Crippen molar-refractivity contribution in [3.8, 4) is 0 Å². The lowest BCUT2D eigenvalue weighted by atomic mass is 9.98. The zero-order chi connectivity index (χ0) is 11.8. The van der Waals surface area contributed by atoms with Gasteiger partial charge in [0.1, 0.15) is 0 Å². The molecule has 0 amide bonds. The summed E-state index contributed by atoms with van der Waals surface area (Å²) in [6.45, 7) is 9.86. The minimum Gasteiger partial charge on any atom is -0.314 e. The first-order valence-corrected chi connectivity index (χ1v) is 6.70. The van der Waals surface area contributed by atoms with E-state index in [4.69, 9.17) is 4.98 Å². The number of hydrogen-bond acceptors (Lipinski definition) is 4. The van der Waals surface area contributed by atoms with Crippen LogP contribution in [0.2, 0.25) is 0 Å². The maximum Gasteiger partial charge on any atom is 0.0982 e. The Hall–Kier alpha value is -0.160. The number of thiazole rings is 1. The number of rotatable bonds is 3. The van der Waals surface area contributed by atoms with E-state index in [1.807, 2.05) is 0 Å². The Balaban J connectivity index is 0.00000144. The summed E-state index contributed by atoms with van der Waals surface area (Å²) < 4.78 is 0. The first-order chi connectivity index (χ1) is 7.47. The summed E-state index contributed by atoms with van der Waals surface area (Å²) in [7, 11) is 2.18. The molecule has 2 rings (SSSR count). The molecular weight excluding hydrogens is 254 g/mol. The molecule has 1 aliphatic heterocycles. The van der Waals surface area contributed by atoms with Gasteiger partial charge in [0.15, 0.2) is 0 Å². The van der Waals surface area contributed by atoms with Gasteiger partial charge >= 0.3 is 0 Å². The minimum absolute atomic E-state index is 0. The molecular formula is C12H22ClN3S. The van der Waals surface area contributed by atoms with E-state index in [-0.39, 0.29) is 17.8 Å². The summed E-state index contributed by atoms with van der Waals surface area (Å²) in [6.07, 6.45) is 0. The van der Waals surface area contributed by atoms with Gasteiger partial charge in [0.2, 0.25) is 0 Å². The van der Waals surface area contributed by atoms with Crippen molar-refractivity contribution in [1.29, 1.82) is 0 Å². The molecule has 0 radical (unpaired) electrons. The van der Waals surface area contributed by atoms with Crippen LogP contribution in [0.15, 0.2) is 5.38 Å². The number of hydrogen-bond donors (Lipinski definition) is 1. The van der Waals surface area contributed by atoms with Crippen molar-refractivity contribution < 1.29 is 0 Å². The first kappa shape index (κ1) is 14.9. The molecule has 0 aliphatic carbocycles. The molecule has 0 spiro atoms. The molecule has 0 saturated carbocycles. The van der Waals surface area contributed by atoms with Crippen molar-refractivity contribution in [2.75, 3.05) is 20.1 Å². The molecule has 1 saturated heterocycles. The molecule has 98 valence electrons. The van der Waals surface area contributed by atoms with Gasteiger partial charge in [0.25, 0.3) is 0 Å². The van der Waals surface area contributed by atoms with Crippen molar-refractivity contribution in [2.45, 2.75) is 38.8 Å². The molecule has 1 aromatic rings. The van der Waals surface area contributed by atoms with Crippen molar-refractivity contribution in [3.63, 3.8) is 0 Å². The summed E-state index contributed by atoms with van der Waals surface area (Å²) in [5, 5.41) is 6.73. The van der Waals surface area contributed by atoms with Crippen molar-refractivity contribution >= 4 is 23.7 Å². The third-order valence-corrected chi connectivity index (χ3v) is 4.30. The highest BCUT2D eigenvalue weighted by molar-refractivity contribution is 7.09. The second kappa shape index (κ2) is 5.65. The molecule has 17 heavy (non-hydrogen) atoms. The summed E-state index contributed by atoms with van der Waals surface area (Å²) >= 11 is 1.78. The van der Waals surface area contributed by atoms with E-state index in [1.165, 1.54) is 10.7 Å². The fraction of sp³-hybridized carbons (Fsp3) is 0.750. The number of nitrogens with one attached hydrogen (secondary N) is 1. The SMILES string of the molecule is CN(Cc1csc(C(C)(C)C)n1)C1CNC1.Cl. The first-order valence-electron chi connectivity index (χ1n) is 5.82. The Morgan fingerprint density at radius 3 is 2.53 bits per heavy atom. The standard InChI is InChI=1S/C12H21N3S.ClH/c1-12(2,3)11-14-9(8-16-11)7-15(4)10-5-13-6-10;/h8,10,13H,5-7H2,1-4H3;1H. The van der Waals surface area contributed by atoms with Gasteiger partial charge in [-0.3, -0.25) is 4.90 Å². The van der Waals surface area contributed by atoms with Crippen LogP contribution >= 0.6 is 23.7 Å². The molecule has 1 fully saturated rings. The number of halogens is 1. The second-order valence-electron chi connectivity index (χ2n) is 5.62. The highest BCUT2D eigenvalue weighted by Crippen LogP contribution is 2.26. The molecule has 5 heteroatoms. The smallest absolute Gasteiger partial charge is 0.0982 e. The van der Waals surface area contributed by atoms with Gasteiger partial charge in [-0.15, -0.1) is 23.7 Å². The second-order valence-corrected chi connectivity index (χ2v) is 6.48.